The van der Waals surface area contributed by atoms with E-state index in [0.29, 0.717) is 23.9 Å². The van der Waals surface area contributed by atoms with E-state index < -0.39 is 0 Å². The fraction of sp³-hybridized carbons (Fsp3) is 0.611. The highest BCUT2D eigenvalue weighted by Crippen LogP contribution is 2.24. The van der Waals surface area contributed by atoms with Gasteiger partial charge in [-0.2, -0.15) is 0 Å². The Hall–Kier alpha value is -1.35. The first-order valence-electron chi connectivity index (χ1n) is 8.07. The lowest BCUT2D eigenvalue weighted by atomic mass is 9.93. The summed E-state index contributed by atoms with van der Waals surface area (Å²) in [6.45, 7) is 5.59. The Morgan fingerprint density at radius 1 is 1.29 bits per heavy atom. The van der Waals surface area contributed by atoms with E-state index >= 15 is 0 Å². The molecule has 3 nitrogen and oxygen atoms in total. The van der Waals surface area contributed by atoms with Crippen molar-refractivity contribution in [2.75, 3.05) is 20.2 Å². The third kappa shape index (κ3) is 4.07. The van der Waals surface area contributed by atoms with Gasteiger partial charge in [-0.05, 0) is 44.0 Å². The normalized spacial score (nSPS) is 16.2. The standard InChI is InChI=1S/C18H27NO2/c1-4-19(15-8-6-5-7-9-15)13-17(20)16-11-10-14(2)12-18(16)21-3/h10-12,15H,4-9,13H2,1-3H3. The molecule has 1 saturated carbocycles. The number of hydrogen-bond acceptors (Lipinski definition) is 3. The first-order valence-corrected chi connectivity index (χ1v) is 8.07. The quantitative estimate of drug-likeness (QED) is 0.745. The average molecular weight is 289 g/mol. The molecule has 1 aliphatic rings. The number of benzene rings is 1. The summed E-state index contributed by atoms with van der Waals surface area (Å²) in [5, 5.41) is 0. The van der Waals surface area contributed by atoms with Crippen molar-refractivity contribution in [1.82, 2.24) is 4.90 Å². The van der Waals surface area contributed by atoms with Gasteiger partial charge >= 0.3 is 0 Å². The third-order valence-electron chi connectivity index (χ3n) is 4.50. The molecule has 0 atom stereocenters. The number of carbonyl (C=O) groups is 1. The van der Waals surface area contributed by atoms with E-state index in [1.165, 1.54) is 32.1 Å². The van der Waals surface area contributed by atoms with E-state index in [9.17, 15) is 4.79 Å². The molecule has 1 aromatic rings. The highest BCUT2D eigenvalue weighted by molar-refractivity contribution is 6.00. The number of rotatable bonds is 6. The molecule has 0 heterocycles. The molecule has 0 bridgehead atoms. The van der Waals surface area contributed by atoms with Gasteiger partial charge in [-0.25, -0.2) is 0 Å². The van der Waals surface area contributed by atoms with E-state index in [2.05, 4.69) is 11.8 Å². The number of aryl methyl sites for hydroxylation is 1. The van der Waals surface area contributed by atoms with Crippen LogP contribution in [0.15, 0.2) is 18.2 Å². The van der Waals surface area contributed by atoms with Crippen molar-refractivity contribution in [2.45, 2.75) is 52.0 Å². The van der Waals surface area contributed by atoms with E-state index in [1.54, 1.807) is 7.11 Å². The second kappa shape index (κ2) is 7.60. The first-order chi connectivity index (χ1) is 10.2. The Balaban J connectivity index is 2.08. The monoisotopic (exact) mass is 289 g/mol. The molecule has 116 valence electrons. The van der Waals surface area contributed by atoms with Gasteiger partial charge in [-0.15, -0.1) is 0 Å². The Bertz CT molecular complexity index is 478. The van der Waals surface area contributed by atoms with Crippen molar-refractivity contribution in [3.63, 3.8) is 0 Å². The molecule has 0 unspecified atom stereocenters. The van der Waals surface area contributed by atoms with Gasteiger partial charge < -0.3 is 4.74 Å². The maximum atomic E-state index is 12.6. The van der Waals surface area contributed by atoms with Gasteiger partial charge in [0.05, 0.1) is 19.2 Å². The van der Waals surface area contributed by atoms with Crippen LogP contribution >= 0.6 is 0 Å². The summed E-state index contributed by atoms with van der Waals surface area (Å²) in [5.41, 5.74) is 1.82. The second-order valence-electron chi connectivity index (χ2n) is 5.98. The highest BCUT2D eigenvalue weighted by atomic mass is 16.5. The van der Waals surface area contributed by atoms with Gasteiger partial charge in [0.1, 0.15) is 5.75 Å². The Morgan fingerprint density at radius 3 is 2.62 bits per heavy atom. The zero-order chi connectivity index (χ0) is 15.2. The summed E-state index contributed by atoms with van der Waals surface area (Å²) in [5.74, 6) is 0.860. The lowest BCUT2D eigenvalue weighted by Gasteiger charge is -2.33. The average Bonchev–Trinajstić information content (AvgIpc) is 2.53. The number of likely N-dealkylation sites (N-methyl/N-ethyl adjacent to an activating group) is 1. The van der Waals surface area contributed by atoms with Crippen molar-refractivity contribution in [3.8, 4) is 5.75 Å². The summed E-state index contributed by atoms with van der Waals surface area (Å²) in [6.07, 6.45) is 6.39. The minimum absolute atomic E-state index is 0.166. The van der Waals surface area contributed by atoms with Crippen LogP contribution in [0, 0.1) is 6.92 Å². The van der Waals surface area contributed by atoms with Crippen LogP contribution in [0.2, 0.25) is 0 Å². The summed E-state index contributed by atoms with van der Waals surface area (Å²) in [7, 11) is 1.63. The lowest BCUT2D eigenvalue weighted by Crippen LogP contribution is -2.40. The van der Waals surface area contributed by atoms with E-state index in [-0.39, 0.29) is 5.78 Å². The number of Topliss-reactive ketones (excluding diaryl/α,β-unsaturated/α-hetero) is 1. The van der Waals surface area contributed by atoms with Gasteiger partial charge in [0.25, 0.3) is 0 Å². The molecule has 0 saturated heterocycles. The SMILES string of the molecule is CCN(CC(=O)c1ccc(C)cc1OC)C1CCCCC1. The molecule has 0 aliphatic heterocycles. The Morgan fingerprint density at radius 2 is 2.00 bits per heavy atom. The number of methoxy groups -OCH3 is 1. The predicted molar refractivity (Wildman–Crippen MR) is 86.2 cm³/mol. The fourth-order valence-electron chi connectivity index (χ4n) is 3.24. The van der Waals surface area contributed by atoms with Crippen molar-refractivity contribution >= 4 is 5.78 Å². The number of ether oxygens (including phenoxy) is 1. The zero-order valence-corrected chi connectivity index (χ0v) is 13.5. The van der Waals surface area contributed by atoms with Crippen LogP contribution in [-0.2, 0) is 0 Å². The lowest BCUT2D eigenvalue weighted by molar-refractivity contribution is 0.0865. The highest BCUT2D eigenvalue weighted by Gasteiger charge is 2.23. The molecule has 1 aliphatic carbocycles. The van der Waals surface area contributed by atoms with Crippen LogP contribution in [0.25, 0.3) is 0 Å². The van der Waals surface area contributed by atoms with Gasteiger partial charge in [0.15, 0.2) is 5.78 Å². The first kappa shape index (κ1) is 16.0. The fourth-order valence-corrected chi connectivity index (χ4v) is 3.24. The van der Waals surface area contributed by atoms with Crippen LogP contribution in [0.1, 0.15) is 54.9 Å². The smallest absolute Gasteiger partial charge is 0.180 e. The van der Waals surface area contributed by atoms with E-state index in [0.717, 1.165) is 12.1 Å². The molecular weight excluding hydrogens is 262 g/mol. The minimum atomic E-state index is 0.166. The number of ketones is 1. The van der Waals surface area contributed by atoms with Crippen LogP contribution in [-0.4, -0.2) is 36.9 Å². The number of carbonyl (C=O) groups excluding carboxylic acids is 1. The molecule has 1 fully saturated rings. The topological polar surface area (TPSA) is 29.5 Å². The number of hydrogen-bond donors (Lipinski definition) is 0. The van der Waals surface area contributed by atoms with Gasteiger partial charge in [-0.1, -0.05) is 32.3 Å². The van der Waals surface area contributed by atoms with Crippen molar-refractivity contribution in [1.29, 1.82) is 0 Å². The molecule has 0 aromatic heterocycles. The molecule has 0 amide bonds. The largest absolute Gasteiger partial charge is 0.496 e. The predicted octanol–water partition coefficient (Wildman–Crippen LogP) is 3.84. The van der Waals surface area contributed by atoms with Crippen molar-refractivity contribution in [2.24, 2.45) is 0 Å². The molecule has 0 N–H and O–H groups in total. The molecule has 21 heavy (non-hydrogen) atoms. The minimum Gasteiger partial charge on any atom is -0.496 e. The van der Waals surface area contributed by atoms with E-state index in [4.69, 9.17) is 4.74 Å². The van der Waals surface area contributed by atoms with Crippen molar-refractivity contribution < 1.29 is 9.53 Å². The molecular formula is C18H27NO2. The summed E-state index contributed by atoms with van der Waals surface area (Å²) in [4.78, 5) is 15.0. The maximum Gasteiger partial charge on any atom is 0.180 e. The third-order valence-corrected chi connectivity index (χ3v) is 4.50. The molecule has 1 aromatic carbocycles. The van der Waals surface area contributed by atoms with Gasteiger partial charge in [-0.3, -0.25) is 9.69 Å². The van der Waals surface area contributed by atoms with Gasteiger partial charge in [0.2, 0.25) is 0 Å². The molecule has 0 spiro atoms. The second-order valence-corrected chi connectivity index (χ2v) is 5.98. The summed E-state index contributed by atoms with van der Waals surface area (Å²) < 4.78 is 5.37. The van der Waals surface area contributed by atoms with Crippen LogP contribution in [0.5, 0.6) is 5.75 Å². The maximum absolute atomic E-state index is 12.6. The van der Waals surface area contributed by atoms with Crippen LogP contribution in [0.4, 0.5) is 0 Å². The van der Waals surface area contributed by atoms with Crippen LogP contribution < -0.4 is 4.74 Å². The summed E-state index contributed by atoms with van der Waals surface area (Å²) >= 11 is 0. The van der Waals surface area contributed by atoms with Crippen LogP contribution in [0.3, 0.4) is 0 Å². The Labute approximate surface area is 128 Å². The van der Waals surface area contributed by atoms with E-state index in [1.807, 2.05) is 25.1 Å². The van der Waals surface area contributed by atoms with Gasteiger partial charge in [0, 0.05) is 6.04 Å². The summed E-state index contributed by atoms with van der Waals surface area (Å²) in [6, 6.07) is 6.38. The zero-order valence-electron chi connectivity index (χ0n) is 13.5. The molecule has 3 heteroatoms. The number of nitrogens with zero attached hydrogens (tertiary/aromatic N) is 1. The molecule has 0 radical (unpaired) electrons. The molecule has 2 rings (SSSR count). The Kier molecular flexibility index (Phi) is 5.80. The van der Waals surface area contributed by atoms with Crippen molar-refractivity contribution in [3.05, 3.63) is 29.3 Å².